The molecule has 4 heterocycles. The number of rotatable bonds is 3. The first-order chi connectivity index (χ1) is 15.3. The van der Waals surface area contributed by atoms with E-state index in [0.717, 1.165) is 25.1 Å². The molecule has 2 fully saturated rings. The summed E-state index contributed by atoms with van der Waals surface area (Å²) in [6.07, 6.45) is 2.10. The van der Waals surface area contributed by atoms with E-state index in [2.05, 4.69) is 36.9 Å². The zero-order chi connectivity index (χ0) is 22.7. The quantitative estimate of drug-likeness (QED) is 0.471. The SMILES string of the molecule is C[C@H]1N(c2ncc(C#N)c(-c3c[nH]c4ncc(C(F)(F)F)cc34)n2)C12CCC(N=O)CC2. The highest BCUT2D eigenvalue weighted by atomic mass is 19.4. The van der Waals surface area contributed by atoms with E-state index in [9.17, 15) is 23.3 Å². The number of aromatic nitrogens is 4. The van der Waals surface area contributed by atoms with Crippen LogP contribution in [0.1, 0.15) is 43.7 Å². The first kappa shape index (κ1) is 20.4. The molecule has 1 atom stereocenters. The zero-order valence-corrected chi connectivity index (χ0v) is 17.0. The Kier molecular flexibility index (Phi) is 4.44. The molecule has 0 amide bonds. The minimum atomic E-state index is -4.54. The Bertz CT molecular complexity index is 1250. The number of hydrogen-bond acceptors (Lipinski definition) is 7. The molecule has 3 aromatic heterocycles. The molecule has 1 saturated carbocycles. The lowest BCUT2D eigenvalue weighted by Gasteiger charge is -2.25. The van der Waals surface area contributed by atoms with Crippen molar-refractivity contribution in [2.75, 3.05) is 4.90 Å². The van der Waals surface area contributed by atoms with Crippen molar-refractivity contribution in [2.24, 2.45) is 5.18 Å². The number of nitrogens with zero attached hydrogens (tertiary/aromatic N) is 6. The van der Waals surface area contributed by atoms with E-state index in [1.807, 2.05) is 6.07 Å². The molecule has 32 heavy (non-hydrogen) atoms. The lowest BCUT2D eigenvalue weighted by atomic mass is 9.84. The Morgan fingerprint density at radius 3 is 2.69 bits per heavy atom. The number of nitroso groups, excluding NO2 is 1. The highest BCUT2D eigenvalue weighted by Gasteiger charge is 2.61. The fourth-order valence-corrected chi connectivity index (χ4v) is 4.90. The number of halogens is 3. The van der Waals surface area contributed by atoms with E-state index in [0.29, 0.717) is 24.4 Å². The molecule has 2 aliphatic rings. The topological polar surface area (TPSA) is 111 Å². The molecule has 1 saturated heterocycles. The molecule has 0 unspecified atom stereocenters. The summed E-state index contributed by atoms with van der Waals surface area (Å²) in [6, 6.07) is 3.01. The average Bonchev–Trinajstić information content (AvgIpc) is 3.14. The van der Waals surface area contributed by atoms with Crippen LogP contribution in [0, 0.1) is 16.2 Å². The Morgan fingerprint density at radius 2 is 2.03 bits per heavy atom. The van der Waals surface area contributed by atoms with Gasteiger partial charge in [-0.2, -0.15) is 23.3 Å². The second kappa shape index (κ2) is 6.98. The number of anilines is 1. The molecule has 0 aromatic carbocycles. The van der Waals surface area contributed by atoms with E-state index >= 15 is 0 Å². The van der Waals surface area contributed by atoms with E-state index in [-0.39, 0.29) is 39.9 Å². The number of H-pyrrole nitrogens is 1. The number of aromatic amines is 1. The van der Waals surface area contributed by atoms with Gasteiger partial charge in [-0.15, -0.1) is 0 Å². The summed E-state index contributed by atoms with van der Waals surface area (Å²) < 4.78 is 39.7. The van der Waals surface area contributed by atoms with Crippen molar-refractivity contribution < 1.29 is 13.2 Å². The second-order valence-electron chi connectivity index (χ2n) is 8.35. The molecular formula is C21H18F3N7O. The first-order valence-corrected chi connectivity index (χ1v) is 10.2. The number of fused-ring (bicyclic) bond motifs is 1. The van der Waals surface area contributed by atoms with Crippen LogP contribution in [0.2, 0.25) is 0 Å². The van der Waals surface area contributed by atoms with Crippen LogP contribution < -0.4 is 4.90 Å². The van der Waals surface area contributed by atoms with Crippen LogP contribution in [-0.4, -0.2) is 37.6 Å². The molecule has 0 bridgehead atoms. The van der Waals surface area contributed by atoms with Crippen LogP contribution in [-0.2, 0) is 6.18 Å². The largest absolute Gasteiger partial charge is 0.417 e. The lowest BCUT2D eigenvalue weighted by molar-refractivity contribution is -0.137. The molecule has 164 valence electrons. The van der Waals surface area contributed by atoms with E-state index in [1.165, 1.54) is 12.4 Å². The van der Waals surface area contributed by atoms with Gasteiger partial charge in [0.05, 0.1) is 40.6 Å². The second-order valence-corrected chi connectivity index (χ2v) is 8.35. The third-order valence-electron chi connectivity index (χ3n) is 6.77. The summed E-state index contributed by atoms with van der Waals surface area (Å²) in [5.41, 5.74) is 0.00626. The van der Waals surface area contributed by atoms with Gasteiger partial charge in [0.15, 0.2) is 0 Å². The minimum Gasteiger partial charge on any atom is -0.345 e. The monoisotopic (exact) mass is 441 g/mol. The fourth-order valence-electron chi connectivity index (χ4n) is 4.90. The highest BCUT2D eigenvalue weighted by Crippen LogP contribution is 2.53. The van der Waals surface area contributed by atoms with Crippen LogP contribution >= 0.6 is 0 Å². The molecule has 5 rings (SSSR count). The van der Waals surface area contributed by atoms with Crippen molar-refractivity contribution >= 4 is 17.0 Å². The molecule has 3 aromatic rings. The summed E-state index contributed by atoms with van der Waals surface area (Å²) in [7, 11) is 0. The van der Waals surface area contributed by atoms with Gasteiger partial charge in [0.2, 0.25) is 5.95 Å². The fraction of sp³-hybridized carbons (Fsp3) is 0.429. The normalized spacial score (nSPS) is 25.2. The average molecular weight is 441 g/mol. The predicted octanol–water partition coefficient (Wildman–Crippen LogP) is 4.57. The number of nitriles is 1. The van der Waals surface area contributed by atoms with Gasteiger partial charge in [0.1, 0.15) is 11.7 Å². The number of hydrogen-bond donors (Lipinski definition) is 1. The summed E-state index contributed by atoms with van der Waals surface area (Å²) in [5, 5.41) is 13.0. The maximum absolute atomic E-state index is 13.2. The first-order valence-electron chi connectivity index (χ1n) is 10.2. The van der Waals surface area contributed by atoms with Crippen molar-refractivity contribution in [3.05, 3.63) is 40.7 Å². The maximum atomic E-state index is 13.2. The van der Waals surface area contributed by atoms with Gasteiger partial charge in [-0.1, -0.05) is 5.18 Å². The Balaban J connectivity index is 1.56. The number of nitrogens with one attached hydrogen (secondary N) is 1. The summed E-state index contributed by atoms with van der Waals surface area (Å²) >= 11 is 0. The molecule has 11 heteroatoms. The van der Waals surface area contributed by atoms with E-state index < -0.39 is 11.7 Å². The lowest BCUT2D eigenvalue weighted by Crippen LogP contribution is -2.28. The van der Waals surface area contributed by atoms with Crippen LogP contribution in [0.15, 0.2) is 29.8 Å². The molecule has 1 N–H and O–H groups in total. The maximum Gasteiger partial charge on any atom is 0.417 e. The Hall–Kier alpha value is -3.55. The molecular weight excluding hydrogens is 423 g/mol. The van der Waals surface area contributed by atoms with Gasteiger partial charge < -0.3 is 9.88 Å². The van der Waals surface area contributed by atoms with Crippen molar-refractivity contribution in [3.8, 4) is 17.3 Å². The summed E-state index contributed by atoms with van der Waals surface area (Å²) in [4.78, 5) is 28.6. The summed E-state index contributed by atoms with van der Waals surface area (Å²) in [5.74, 6) is 0.415. The van der Waals surface area contributed by atoms with Crippen molar-refractivity contribution in [1.82, 2.24) is 19.9 Å². The van der Waals surface area contributed by atoms with Crippen molar-refractivity contribution in [1.29, 1.82) is 5.26 Å². The van der Waals surface area contributed by atoms with Gasteiger partial charge in [-0.25, -0.2) is 15.0 Å². The third kappa shape index (κ3) is 3.01. The van der Waals surface area contributed by atoms with Crippen LogP contribution in [0.5, 0.6) is 0 Å². The van der Waals surface area contributed by atoms with Crippen LogP contribution in [0.4, 0.5) is 19.1 Å². The summed E-state index contributed by atoms with van der Waals surface area (Å²) in [6.45, 7) is 2.06. The van der Waals surface area contributed by atoms with Gasteiger partial charge in [0.25, 0.3) is 0 Å². The number of alkyl halides is 3. The molecule has 8 nitrogen and oxygen atoms in total. The van der Waals surface area contributed by atoms with Gasteiger partial charge in [-0.05, 0) is 38.7 Å². The third-order valence-corrected chi connectivity index (χ3v) is 6.77. The molecule has 1 aliphatic heterocycles. The Morgan fingerprint density at radius 1 is 1.28 bits per heavy atom. The zero-order valence-electron chi connectivity index (χ0n) is 17.0. The predicted molar refractivity (Wildman–Crippen MR) is 110 cm³/mol. The molecule has 1 spiro atoms. The van der Waals surface area contributed by atoms with Crippen LogP contribution in [0.25, 0.3) is 22.3 Å². The Labute approximate surface area is 180 Å². The molecule has 0 radical (unpaired) electrons. The van der Waals surface area contributed by atoms with Gasteiger partial charge in [-0.3, -0.25) is 0 Å². The minimum absolute atomic E-state index is 0.150. The highest BCUT2D eigenvalue weighted by molar-refractivity contribution is 5.94. The standard InChI is InChI=1S/C21H18F3N7O/c1-11-20(4-2-14(30-32)3-5-20)31(11)19-28-8-12(7-25)17(29-19)16-10-27-18-15(16)6-13(9-26-18)21(22,23)24/h6,8-11,14H,2-5H2,1H3,(H,26,27)/t11-,14?,20?,31?/m1/s1. The smallest absolute Gasteiger partial charge is 0.345 e. The van der Waals surface area contributed by atoms with Crippen molar-refractivity contribution in [3.63, 3.8) is 0 Å². The van der Waals surface area contributed by atoms with E-state index in [1.54, 1.807) is 0 Å². The number of pyridine rings is 1. The van der Waals surface area contributed by atoms with Gasteiger partial charge in [0, 0.05) is 23.3 Å². The van der Waals surface area contributed by atoms with Gasteiger partial charge >= 0.3 is 6.18 Å². The van der Waals surface area contributed by atoms with E-state index in [4.69, 9.17) is 0 Å². The van der Waals surface area contributed by atoms with Crippen molar-refractivity contribution in [2.45, 2.75) is 56.4 Å². The molecule has 1 aliphatic carbocycles. The van der Waals surface area contributed by atoms with Crippen LogP contribution in [0.3, 0.4) is 0 Å².